The average molecular weight is 261 g/mol. The zero-order valence-corrected chi connectivity index (χ0v) is 11.2. The van der Waals surface area contributed by atoms with Crippen LogP contribution in [0.1, 0.15) is 29.8 Å². The highest BCUT2D eigenvalue weighted by Crippen LogP contribution is 2.22. The van der Waals surface area contributed by atoms with Crippen LogP contribution in [0.15, 0.2) is 35.7 Å². The number of nitrogens with zero attached hydrogens (tertiary/aromatic N) is 2. The number of benzene rings is 1. The molecule has 18 heavy (non-hydrogen) atoms. The first-order valence-electron chi connectivity index (χ1n) is 5.86. The van der Waals surface area contributed by atoms with Crippen molar-refractivity contribution in [3.63, 3.8) is 0 Å². The van der Waals surface area contributed by atoms with Crippen molar-refractivity contribution in [2.45, 2.75) is 30.7 Å². The smallest absolute Gasteiger partial charge is 0.184 e. The van der Waals surface area contributed by atoms with E-state index in [0.717, 1.165) is 12.0 Å². The van der Waals surface area contributed by atoms with Crippen molar-refractivity contribution < 1.29 is 4.79 Å². The molecule has 0 fully saturated rings. The van der Waals surface area contributed by atoms with E-state index in [2.05, 4.69) is 22.1 Å². The lowest BCUT2D eigenvalue weighted by atomic mass is 10.1. The van der Waals surface area contributed by atoms with E-state index in [1.807, 2.05) is 31.2 Å². The first kappa shape index (κ1) is 12.8. The Labute approximate surface area is 110 Å². The Balaban J connectivity index is 2.05. The second kappa shape index (κ2) is 5.82. The van der Waals surface area contributed by atoms with E-state index in [0.29, 0.717) is 5.16 Å². The summed E-state index contributed by atoms with van der Waals surface area (Å²) in [4.78, 5) is 16.2. The molecule has 0 bridgehead atoms. The van der Waals surface area contributed by atoms with Gasteiger partial charge in [-0.15, -0.1) is 0 Å². The molecule has 5 heteroatoms. The number of Topliss-reactive ketones (excluding diaryl/α,β-unsaturated/α-hetero) is 1. The molecule has 4 nitrogen and oxygen atoms in total. The first-order chi connectivity index (χ1) is 8.70. The van der Waals surface area contributed by atoms with E-state index >= 15 is 0 Å². The van der Waals surface area contributed by atoms with Gasteiger partial charge in [-0.3, -0.25) is 9.89 Å². The van der Waals surface area contributed by atoms with Gasteiger partial charge < -0.3 is 0 Å². The summed E-state index contributed by atoms with van der Waals surface area (Å²) in [6, 6.07) is 7.77. The zero-order chi connectivity index (χ0) is 13.0. The van der Waals surface area contributed by atoms with Crippen molar-refractivity contribution in [3.05, 3.63) is 41.7 Å². The number of hydrogen-bond acceptors (Lipinski definition) is 4. The van der Waals surface area contributed by atoms with Gasteiger partial charge in [-0.25, -0.2) is 4.98 Å². The Bertz CT molecular complexity index is 508. The zero-order valence-electron chi connectivity index (χ0n) is 10.4. The van der Waals surface area contributed by atoms with Gasteiger partial charge in [0.15, 0.2) is 10.9 Å². The quantitative estimate of drug-likeness (QED) is 0.664. The fourth-order valence-corrected chi connectivity index (χ4v) is 2.40. The lowest BCUT2D eigenvalue weighted by molar-refractivity contribution is 0.0994. The number of thioether (sulfide) groups is 1. The summed E-state index contributed by atoms with van der Waals surface area (Å²) >= 11 is 1.38. The van der Waals surface area contributed by atoms with E-state index in [1.54, 1.807) is 0 Å². The molecular weight excluding hydrogens is 246 g/mol. The van der Waals surface area contributed by atoms with Gasteiger partial charge in [-0.2, -0.15) is 5.10 Å². The number of aryl methyl sites for hydroxylation is 1. The second-order valence-electron chi connectivity index (χ2n) is 3.97. The normalized spacial score (nSPS) is 12.3. The number of H-pyrrole nitrogens is 1. The molecule has 0 saturated carbocycles. The third kappa shape index (κ3) is 2.98. The van der Waals surface area contributed by atoms with Gasteiger partial charge in [-0.1, -0.05) is 43.0 Å². The summed E-state index contributed by atoms with van der Waals surface area (Å²) in [6.07, 6.45) is 2.42. The van der Waals surface area contributed by atoms with Gasteiger partial charge in [0.2, 0.25) is 0 Å². The maximum Gasteiger partial charge on any atom is 0.184 e. The molecule has 0 radical (unpaired) electrons. The maximum atomic E-state index is 12.2. The van der Waals surface area contributed by atoms with Crippen molar-refractivity contribution in [3.8, 4) is 0 Å². The highest BCUT2D eigenvalue weighted by atomic mass is 32.2. The summed E-state index contributed by atoms with van der Waals surface area (Å²) in [7, 11) is 0. The van der Waals surface area contributed by atoms with Crippen molar-refractivity contribution >= 4 is 17.5 Å². The number of rotatable bonds is 5. The standard InChI is InChI=1S/C13H15N3OS/c1-3-10-4-6-11(7-5-10)12(17)9(2)18-13-14-8-15-16-13/h4-9H,3H2,1-2H3,(H,14,15,16). The van der Waals surface area contributed by atoms with Gasteiger partial charge in [-0.05, 0) is 18.9 Å². The van der Waals surface area contributed by atoms with Crippen LogP contribution < -0.4 is 0 Å². The van der Waals surface area contributed by atoms with E-state index < -0.39 is 0 Å². The largest absolute Gasteiger partial charge is 0.293 e. The number of ketones is 1. The van der Waals surface area contributed by atoms with Crippen LogP contribution in [0, 0.1) is 0 Å². The summed E-state index contributed by atoms with van der Waals surface area (Å²) < 4.78 is 0. The summed E-state index contributed by atoms with van der Waals surface area (Å²) in [6.45, 7) is 3.97. The van der Waals surface area contributed by atoms with E-state index in [1.165, 1.54) is 23.7 Å². The van der Waals surface area contributed by atoms with Crippen LogP contribution in [0.5, 0.6) is 0 Å². The van der Waals surface area contributed by atoms with Crippen LogP contribution in [0.2, 0.25) is 0 Å². The van der Waals surface area contributed by atoms with Crippen molar-refractivity contribution in [1.29, 1.82) is 0 Å². The maximum absolute atomic E-state index is 12.2. The molecule has 0 amide bonds. The Morgan fingerprint density at radius 3 is 2.67 bits per heavy atom. The van der Waals surface area contributed by atoms with Crippen LogP contribution in [-0.2, 0) is 6.42 Å². The summed E-state index contributed by atoms with van der Waals surface area (Å²) in [5.41, 5.74) is 1.98. The summed E-state index contributed by atoms with van der Waals surface area (Å²) in [5.74, 6) is 0.110. The molecule has 1 aromatic heterocycles. The highest BCUT2D eigenvalue weighted by Gasteiger charge is 2.17. The number of hydrogen-bond donors (Lipinski definition) is 1. The minimum Gasteiger partial charge on any atom is -0.293 e. The first-order valence-corrected chi connectivity index (χ1v) is 6.74. The lowest BCUT2D eigenvalue weighted by Gasteiger charge is -2.08. The van der Waals surface area contributed by atoms with Crippen molar-refractivity contribution in [2.24, 2.45) is 0 Å². The number of nitrogens with one attached hydrogen (secondary N) is 1. The van der Waals surface area contributed by atoms with Crippen LogP contribution in [0.4, 0.5) is 0 Å². The van der Waals surface area contributed by atoms with Crippen LogP contribution in [0.25, 0.3) is 0 Å². The highest BCUT2D eigenvalue weighted by molar-refractivity contribution is 8.00. The van der Waals surface area contributed by atoms with E-state index in [9.17, 15) is 4.79 Å². The monoisotopic (exact) mass is 261 g/mol. The minimum atomic E-state index is -0.176. The molecule has 2 rings (SSSR count). The topological polar surface area (TPSA) is 58.6 Å². The van der Waals surface area contributed by atoms with E-state index in [-0.39, 0.29) is 11.0 Å². The predicted octanol–water partition coefficient (Wildman–Crippen LogP) is 2.73. The molecule has 1 heterocycles. The molecule has 1 aromatic carbocycles. The number of carbonyl (C=O) groups is 1. The Morgan fingerprint density at radius 2 is 2.11 bits per heavy atom. The molecule has 1 atom stereocenters. The number of aromatic amines is 1. The van der Waals surface area contributed by atoms with Crippen molar-refractivity contribution in [1.82, 2.24) is 15.2 Å². The van der Waals surface area contributed by atoms with Crippen molar-refractivity contribution in [2.75, 3.05) is 0 Å². The molecule has 94 valence electrons. The Morgan fingerprint density at radius 1 is 1.39 bits per heavy atom. The molecule has 0 aliphatic rings. The van der Waals surface area contributed by atoms with Crippen LogP contribution in [0.3, 0.4) is 0 Å². The molecular formula is C13H15N3OS. The minimum absolute atomic E-state index is 0.110. The number of aromatic nitrogens is 3. The summed E-state index contributed by atoms with van der Waals surface area (Å²) in [5, 5.41) is 7.00. The van der Waals surface area contributed by atoms with Gasteiger partial charge in [0.25, 0.3) is 0 Å². The Kier molecular flexibility index (Phi) is 4.15. The van der Waals surface area contributed by atoms with Gasteiger partial charge in [0, 0.05) is 5.56 Å². The molecule has 1 unspecified atom stereocenters. The molecule has 0 saturated heterocycles. The van der Waals surface area contributed by atoms with Gasteiger partial charge >= 0.3 is 0 Å². The average Bonchev–Trinajstić information content (AvgIpc) is 2.91. The third-order valence-electron chi connectivity index (χ3n) is 2.70. The second-order valence-corrected chi connectivity index (χ2v) is 5.29. The van der Waals surface area contributed by atoms with Gasteiger partial charge in [0.05, 0.1) is 5.25 Å². The molecule has 0 aliphatic heterocycles. The third-order valence-corrected chi connectivity index (χ3v) is 3.68. The van der Waals surface area contributed by atoms with E-state index in [4.69, 9.17) is 0 Å². The molecule has 0 aliphatic carbocycles. The molecule has 2 aromatic rings. The SMILES string of the molecule is CCc1ccc(C(=O)C(C)Sc2ncn[nH]2)cc1. The predicted molar refractivity (Wildman–Crippen MR) is 71.9 cm³/mol. The van der Waals surface area contributed by atoms with Crippen LogP contribution in [-0.4, -0.2) is 26.2 Å². The van der Waals surface area contributed by atoms with Crippen LogP contribution >= 0.6 is 11.8 Å². The Hall–Kier alpha value is -1.62. The fraction of sp³-hybridized carbons (Fsp3) is 0.308. The molecule has 1 N–H and O–H groups in total. The lowest BCUT2D eigenvalue weighted by Crippen LogP contribution is -2.13. The fourth-order valence-electron chi connectivity index (χ4n) is 1.61. The van der Waals surface area contributed by atoms with Gasteiger partial charge in [0.1, 0.15) is 6.33 Å². The molecule has 0 spiro atoms. The number of carbonyl (C=O) groups excluding carboxylic acids is 1.